The van der Waals surface area contributed by atoms with Crippen LogP contribution in [0.2, 0.25) is 0 Å². The van der Waals surface area contributed by atoms with E-state index in [-0.39, 0.29) is 17.8 Å². The van der Waals surface area contributed by atoms with E-state index in [1.807, 2.05) is 17.0 Å². The first-order valence-electron chi connectivity index (χ1n) is 7.48. The number of likely N-dealkylation sites (tertiary alicyclic amines) is 1. The smallest absolute Gasteiger partial charge is 0.223 e. The molecule has 21 heavy (non-hydrogen) atoms. The second-order valence-electron chi connectivity index (χ2n) is 5.58. The molecule has 1 saturated heterocycles. The molecule has 0 radical (unpaired) electrons. The maximum absolute atomic E-state index is 13.6. The van der Waals surface area contributed by atoms with Gasteiger partial charge in [-0.05, 0) is 43.5 Å². The average Bonchev–Trinajstić information content (AvgIpc) is 2.80. The Morgan fingerprint density at radius 3 is 3.05 bits per heavy atom. The maximum atomic E-state index is 13.6. The maximum Gasteiger partial charge on any atom is 0.223 e. The van der Waals surface area contributed by atoms with Gasteiger partial charge in [-0.15, -0.1) is 6.58 Å². The molecule has 1 aromatic rings. The summed E-state index contributed by atoms with van der Waals surface area (Å²) >= 11 is 0. The molecule has 0 aromatic heterocycles. The van der Waals surface area contributed by atoms with Crippen LogP contribution < -0.4 is 5.32 Å². The van der Waals surface area contributed by atoms with Gasteiger partial charge >= 0.3 is 0 Å². The van der Waals surface area contributed by atoms with Crippen LogP contribution in [0.1, 0.15) is 30.4 Å². The van der Waals surface area contributed by atoms with Crippen molar-refractivity contribution in [1.29, 1.82) is 0 Å². The van der Waals surface area contributed by atoms with Crippen LogP contribution in [0.3, 0.4) is 0 Å². The second kappa shape index (κ2) is 7.36. The molecule has 0 saturated carbocycles. The molecule has 0 unspecified atom stereocenters. The molecule has 0 spiro atoms. The minimum Gasteiger partial charge on any atom is -0.335 e. The van der Waals surface area contributed by atoms with Gasteiger partial charge in [0.2, 0.25) is 5.91 Å². The van der Waals surface area contributed by atoms with E-state index in [0.717, 1.165) is 31.5 Å². The van der Waals surface area contributed by atoms with Crippen molar-refractivity contribution in [3.05, 3.63) is 47.8 Å². The highest BCUT2D eigenvalue weighted by atomic mass is 19.1. The van der Waals surface area contributed by atoms with Crippen molar-refractivity contribution >= 4 is 5.91 Å². The van der Waals surface area contributed by atoms with Crippen molar-refractivity contribution < 1.29 is 9.18 Å². The van der Waals surface area contributed by atoms with Gasteiger partial charge in [-0.1, -0.05) is 18.2 Å². The van der Waals surface area contributed by atoms with Crippen LogP contribution in [0.15, 0.2) is 30.9 Å². The standard InChI is InChI=1S/C17H23FN2O/c1-3-9-19-10-8-15-6-7-17(21)20(15)12-14-5-4-13(2)16(18)11-14/h3-5,11,15,19H,1,6-10,12H2,2H3/t15-/m1/s1. The number of rotatable bonds is 7. The van der Waals surface area contributed by atoms with Crippen LogP contribution >= 0.6 is 0 Å². The number of halogens is 1. The van der Waals surface area contributed by atoms with Crippen molar-refractivity contribution in [2.24, 2.45) is 0 Å². The molecule has 1 aliphatic heterocycles. The van der Waals surface area contributed by atoms with Gasteiger partial charge in [-0.25, -0.2) is 4.39 Å². The molecule has 1 heterocycles. The highest BCUT2D eigenvalue weighted by Gasteiger charge is 2.30. The molecular weight excluding hydrogens is 267 g/mol. The van der Waals surface area contributed by atoms with Crippen molar-refractivity contribution in [1.82, 2.24) is 10.2 Å². The van der Waals surface area contributed by atoms with Crippen LogP contribution in [0.25, 0.3) is 0 Å². The van der Waals surface area contributed by atoms with E-state index in [1.165, 1.54) is 6.07 Å². The first-order chi connectivity index (χ1) is 10.1. The van der Waals surface area contributed by atoms with Gasteiger partial charge < -0.3 is 10.2 Å². The van der Waals surface area contributed by atoms with Crippen LogP contribution in [-0.2, 0) is 11.3 Å². The summed E-state index contributed by atoms with van der Waals surface area (Å²) in [5.41, 5.74) is 1.49. The lowest BCUT2D eigenvalue weighted by Gasteiger charge is -2.25. The topological polar surface area (TPSA) is 32.3 Å². The number of benzene rings is 1. The normalized spacial score (nSPS) is 18.3. The van der Waals surface area contributed by atoms with Gasteiger partial charge in [-0.3, -0.25) is 4.79 Å². The molecule has 1 fully saturated rings. The molecule has 114 valence electrons. The Bertz CT molecular complexity index is 516. The van der Waals surface area contributed by atoms with Gasteiger partial charge in [0.1, 0.15) is 5.82 Å². The van der Waals surface area contributed by atoms with Crippen LogP contribution in [0.5, 0.6) is 0 Å². The third-order valence-corrected chi connectivity index (χ3v) is 3.98. The van der Waals surface area contributed by atoms with Gasteiger partial charge in [0.15, 0.2) is 0 Å². The number of nitrogens with zero attached hydrogens (tertiary/aromatic N) is 1. The van der Waals surface area contributed by atoms with Crippen LogP contribution in [0.4, 0.5) is 4.39 Å². The molecule has 2 rings (SSSR count). The van der Waals surface area contributed by atoms with E-state index in [2.05, 4.69) is 11.9 Å². The fraction of sp³-hybridized carbons (Fsp3) is 0.471. The van der Waals surface area contributed by atoms with Gasteiger partial charge in [0.05, 0.1) is 0 Å². The third-order valence-electron chi connectivity index (χ3n) is 3.98. The minimum atomic E-state index is -0.205. The predicted octanol–water partition coefficient (Wildman–Crippen LogP) is 2.79. The summed E-state index contributed by atoms with van der Waals surface area (Å²) in [6, 6.07) is 5.45. The Kier molecular flexibility index (Phi) is 5.51. The van der Waals surface area contributed by atoms with E-state index in [4.69, 9.17) is 0 Å². The number of hydrogen-bond acceptors (Lipinski definition) is 2. The zero-order chi connectivity index (χ0) is 15.2. The predicted molar refractivity (Wildman–Crippen MR) is 82.4 cm³/mol. The molecule has 1 amide bonds. The number of carbonyl (C=O) groups excluding carboxylic acids is 1. The Morgan fingerprint density at radius 2 is 2.33 bits per heavy atom. The molecule has 0 bridgehead atoms. The second-order valence-corrected chi connectivity index (χ2v) is 5.58. The van der Waals surface area contributed by atoms with Gasteiger partial charge in [-0.2, -0.15) is 0 Å². The summed E-state index contributed by atoms with van der Waals surface area (Å²) in [5, 5.41) is 3.26. The first kappa shape index (κ1) is 15.7. The van der Waals surface area contributed by atoms with E-state index in [0.29, 0.717) is 18.5 Å². The molecule has 1 aliphatic rings. The number of nitrogens with one attached hydrogen (secondary N) is 1. The van der Waals surface area contributed by atoms with Crippen LogP contribution in [0, 0.1) is 12.7 Å². The average molecular weight is 290 g/mol. The largest absolute Gasteiger partial charge is 0.335 e. The first-order valence-corrected chi connectivity index (χ1v) is 7.48. The van der Waals surface area contributed by atoms with Crippen molar-refractivity contribution in [2.45, 2.75) is 38.8 Å². The summed E-state index contributed by atoms with van der Waals surface area (Å²) < 4.78 is 13.6. The zero-order valence-electron chi connectivity index (χ0n) is 12.6. The quantitative estimate of drug-likeness (QED) is 0.618. The summed E-state index contributed by atoms with van der Waals surface area (Å²) in [6.45, 7) is 7.56. The van der Waals surface area contributed by atoms with E-state index < -0.39 is 0 Å². The fourth-order valence-electron chi connectivity index (χ4n) is 2.71. The van der Waals surface area contributed by atoms with Crippen molar-refractivity contribution in [2.75, 3.05) is 13.1 Å². The lowest BCUT2D eigenvalue weighted by Crippen LogP contribution is -2.34. The summed E-state index contributed by atoms with van der Waals surface area (Å²) in [4.78, 5) is 13.9. The lowest BCUT2D eigenvalue weighted by molar-refractivity contribution is -0.129. The Morgan fingerprint density at radius 1 is 1.52 bits per heavy atom. The lowest BCUT2D eigenvalue weighted by atomic mass is 10.1. The van der Waals surface area contributed by atoms with Crippen molar-refractivity contribution in [3.63, 3.8) is 0 Å². The monoisotopic (exact) mass is 290 g/mol. The van der Waals surface area contributed by atoms with Gasteiger partial charge in [0, 0.05) is 25.6 Å². The highest BCUT2D eigenvalue weighted by Crippen LogP contribution is 2.24. The highest BCUT2D eigenvalue weighted by molar-refractivity contribution is 5.78. The summed E-state index contributed by atoms with van der Waals surface area (Å²) in [6.07, 6.45) is 4.24. The van der Waals surface area contributed by atoms with Crippen LogP contribution in [-0.4, -0.2) is 29.9 Å². The fourth-order valence-corrected chi connectivity index (χ4v) is 2.71. The molecule has 1 N–H and O–H groups in total. The minimum absolute atomic E-state index is 0.171. The third kappa shape index (κ3) is 4.14. The van der Waals surface area contributed by atoms with E-state index >= 15 is 0 Å². The van der Waals surface area contributed by atoms with E-state index in [9.17, 15) is 9.18 Å². The Balaban J connectivity index is 1.96. The molecule has 1 aromatic carbocycles. The zero-order valence-corrected chi connectivity index (χ0v) is 12.6. The van der Waals surface area contributed by atoms with Crippen molar-refractivity contribution in [3.8, 4) is 0 Å². The Hall–Kier alpha value is -1.68. The van der Waals surface area contributed by atoms with Gasteiger partial charge in [0.25, 0.3) is 0 Å². The molecule has 3 nitrogen and oxygen atoms in total. The van der Waals surface area contributed by atoms with E-state index in [1.54, 1.807) is 13.0 Å². The SMILES string of the molecule is C=CCNCC[C@H]1CCC(=O)N1Cc1ccc(C)c(F)c1. The molecule has 0 aliphatic carbocycles. The molecule has 1 atom stereocenters. The molecular formula is C17H23FN2O. The molecule has 4 heteroatoms. The summed E-state index contributed by atoms with van der Waals surface area (Å²) in [5.74, 6) is -0.0342. The number of amides is 1. The number of carbonyl (C=O) groups is 1. The number of hydrogen-bond donors (Lipinski definition) is 1. The number of aryl methyl sites for hydroxylation is 1. The Labute approximate surface area is 125 Å². The summed E-state index contributed by atoms with van der Waals surface area (Å²) in [7, 11) is 0.